The second kappa shape index (κ2) is 6.94. The van der Waals surface area contributed by atoms with E-state index in [-0.39, 0.29) is 5.91 Å². The zero-order chi connectivity index (χ0) is 13.5. The summed E-state index contributed by atoms with van der Waals surface area (Å²) in [6.45, 7) is 8.05. The Bertz CT molecular complexity index is 419. The third kappa shape index (κ3) is 4.70. The van der Waals surface area contributed by atoms with Crippen molar-refractivity contribution in [3.05, 3.63) is 35.4 Å². The Labute approximate surface area is 109 Å². The van der Waals surface area contributed by atoms with E-state index in [9.17, 15) is 4.79 Å². The van der Waals surface area contributed by atoms with Gasteiger partial charge >= 0.3 is 0 Å². The van der Waals surface area contributed by atoms with Gasteiger partial charge in [-0.2, -0.15) is 5.10 Å². The van der Waals surface area contributed by atoms with Gasteiger partial charge in [0.25, 0.3) is 0 Å². The Kier molecular flexibility index (Phi) is 5.56. The second-order valence-corrected chi connectivity index (χ2v) is 4.88. The molecule has 0 aliphatic carbocycles. The number of nitrogens with zero attached hydrogens (tertiary/aromatic N) is 1. The third-order valence-electron chi connectivity index (χ3n) is 2.72. The zero-order valence-corrected chi connectivity index (χ0v) is 11.7. The predicted octanol–water partition coefficient (Wildman–Crippen LogP) is 3.14. The molecule has 1 rings (SSSR count). The number of carbonyl (C=O) groups is 1. The minimum Gasteiger partial charge on any atom is -0.273 e. The topological polar surface area (TPSA) is 41.5 Å². The van der Waals surface area contributed by atoms with Crippen LogP contribution in [0.1, 0.15) is 45.2 Å². The van der Waals surface area contributed by atoms with Gasteiger partial charge in [-0.25, -0.2) is 5.43 Å². The van der Waals surface area contributed by atoms with Gasteiger partial charge in [-0.05, 0) is 30.4 Å². The highest BCUT2D eigenvalue weighted by atomic mass is 16.2. The highest BCUT2D eigenvalue weighted by Gasteiger charge is 2.04. The lowest BCUT2D eigenvalue weighted by molar-refractivity contribution is -0.121. The number of hydrogen-bond acceptors (Lipinski definition) is 2. The normalized spacial score (nSPS) is 11.7. The molecular weight excluding hydrogens is 224 g/mol. The Hall–Kier alpha value is -1.64. The summed E-state index contributed by atoms with van der Waals surface area (Å²) >= 11 is 0. The van der Waals surface area contributed by atoms with Crippen LogP contribution in [0.25, 0.3) is 0 Å². The number of nitrogens with one attached hydrogen (secondary N) is 1. The summed E-state index contributed by atoms with van der Waals surface area (Å²) in [5.41, 5.74) is 5.76. The molecule has 0 aliphatic rings. The molecule has 0 atom stereocenters. The molecule has 0 aromatic heterocycles. The smallest absolute Gasteiger partial charge is 0.240 e. The Morgan fingerprint density at radius 1 is 1.28 bits per heavy atom. The second-order valence-electron chi connectivity index (χ2n) is 4.88. The van der Waals surface area contributed by atoms with Crippen LogP contribution in [-0.4, -0.2) is 11.6 Å². The molecule has 1 aromatic rings. The molecule has 18 heavy (non-hydrogen) atoms. The Balaban J connectivity index is 2.62. The van der Waals surface area contributed by atoms with Crippen LogP contribution in [0.5, 0.6) is 0 Å². The molecule has 98 valence electrons. The quantitative estimate of drug-likeness (QED) is 0.629. The first-order valence-corrected chi connectivity index (χ1v) is 6.45. The monoisotopic (exact) mass is 246 g/mol. The average Bonchev–Trinajstić information content (AvgIpc) is 2.35. The summed E-state index contributed by atoms with van der Waals surface area (Å²) in [5, 5.41) is 4.12. The minimum atomic E-state index is -0.0328. The maximum atomic E-state index is 11.5. The van der Waals surface area contributed by atoms with Gasteiger partial charge in [0.1, 0.15) is 0 Å². The molecule has 0 saturated heterocycles. The van der Waals surface area contributed by atoms with Crippen LogP contribution < -0.4 is 5.43 Å². The van der Waals surface area contributed by atoms with E-state index in [0.717, 1.165) is 17.7 Å². The van der Waals surface area contributed by atoms with Crippen molar-refractivity contribution < 1.29 is 4.79 Å². The van der Waals surface area contributed by atoms with E-state index < -0.39 is 0 Å². The highest BCUT2D eigenvalue weighted by Crippen LogP contribution is 2.06. The van der Waals surface area contributed by atoms with Crippen LogP contribution in [0.15, 0.2) is 29.4 Å². The molecule has 1 aromatic carbocycles. The van der Waals surface area contributed by atoms with Crippen LogP contribution >= 0.6 is 0 Å². The first-order valence-electron chi connectivity index (χ1n) is 6.45. The van der Waals surface area contributed by atoms with E-state index in [0.29, 0.717) is 12.3 Å². The average molecular weight is 246 g/mol. The van der Waals surface area contributed by atoms with Gasteiger partial charge in [-0.3, -0.25) is 4.79 Å². The molecule has 0 saturated carbocycles. The maximum Gasteiger partial charge on any atom is 0.240 e. The van der Waals surface area contributed by atoms with Crippen LogP contribution in [0.2, 0.25) is 0 Å². The van der Waals surface area contributed by atoms with Gasteiger partial charge in [-0.1, -0.05) is 45.0 Å². The number of carbonyl (C=O) groups excluding carboxylic acids is 1. The molecule has 0 radical (unpaired) electrons. The molecule has 0 heterocycles. The first-order chi connectivity index (χ1) is 8.52. The number of amides is 1. The predicted molar refractivity (Wildman–Crippen MR) is 75.6 cm³/mol. The van der Waals surface area contributed by atoms with E-state index >= 15 is 0 Å². The Morgan fingerprint density at radius 2 is 1.89 bits per heavy atom. The molecule has 1 N–H and O–H groups in total. The third-order valence-corrected chi connectivity index (χ3v) is 2.72. The SMILES string of the molecule is CCc1ccc(/C(C)=N/NC(=O)CC(C)C)cc1. The zero-order valence-electron chi connectivity index (χ0n) is 11.7. The lowest BCUT2D eigenvalue weighted by atomic mass is 10.1. The van der Waals surface area contributed by atoms with Gasteiger partial charge in [0.2, 0.25) is 5.91 Å². The summed E-state index contributed by atoms with van der Waals surface area (Å²) < 4.78 is 0. The van der Waals surface area contributed by atoms with Crippen molar-refractivity contribution in [2.24, 2.45) is 11.0 Å². The van der Waals surface area contributed by atoms with Gasteiger partial charge in [0, 0.05) is 6.42 Å². The van der Waals surface area contributed by atoms with Crippen LogP contribution in [0, 0.1) is 5.92 Å². The fraction of sp³-hybridized carbons (Fsp3) is 0.467. The van der Waals surface area contributed by atoms with Crippen LogP contribution in [0.4, 0.5) is 0 Å². The van der Waals surface area contributed by atoms with Crippen molar-refractivity contribution in [3.8, 4) is 0 Å². The summed E-state index contributed by atoms with van der Waals surface area (Å²) in [6.07, 6.45) is 1.53. The van der Waals surface area contributed by atoms with Gasteiger partial charge < -0.3 is 0 Å². The van der Waals surface area contributed by atoms with Crippen molar-refractivity contribution in [1.82, 2.24) is 5.43 Å². The van der Waals surface area contributed by atoms with E-state index in [1.807, 2.05) is 32.9 Å². The lowest BCUT2D eigenvalue weighted by Gasteiger charge is -2.05. The molecular formula is C15H22N2O. The highest BCUT2D eigenvalue weighted by molar-refractivity contribution is 5.99. The van der Waals surface area contributed by atoms with Crippen LogP contribution in [0.3, 0.4) is 0 Å². The minimum absolute atomic E-state index is 0.0328. The lowest BCUT2D eigenvalue weighted by Crippen LogP contribution is -2.20. The van der Waals surface area contributed by atoms with Crippen molar-refractivity contribution in [2.75, 3.05) is 0 Å². The largest absolute Gasteiger partial charge is 0.273 e. The molecule has 0 aliphatic heterocycles. The first kappa shape index (κ1) is 14.4. The maximum absolute atomic E-state index is 11.5. The summed E-state index contributed by atoms with van der Waals surface area (Å²) in [6, 6.07) is 8.24. The van der Waals surface area contributed by atoms with E-state index in [4.69, 9.17) is 0 Å². The molecule has 0 bridgehead atoms. The standard InChI is InChI=1S/C15H22N2O/c1-5-13-6-8-14(9-7-13)12(4)16-17-15(18)10-11(2)3/h6-9,11H,5,10H2,1-4H3,(H,17,18)/b16-12+. The molecule has 3 heteroatoms. The van der Waals surface area contributed by atoms with Gasteiger partial charge in [0.05, 0.1) is 5.71 Å². The number of hydrogen-bond donors (Lipinski definition) is 1. The van der Waals surface area contributed by atoms with E-state index in [1.54, 1.807) is 0 Å². The molecule has 0 spiro atoms. The number of rotatable bonds is 5. The summed E-state index contributed by atoms with van der Waals surface area (Å²) in [4.78, 5) is 11.5. The summed E-state index contributed by atoms with van der Waals surface area (Å²) in [5.74, 6) is 0.318. The summed E-state index contributed by atoms with van der Waals surface area (Å²) in [7, 11) is 0. The number of hydrazone groups is 1. The van der Waals surface area contributed by atoms with Gasteiger partial charge in [0.15, 0.2) is 0 Å². The number of aryl methyl sites for hydroxylation is 1. The molecule has 0 unspecified atom stereocenters. The van der Waals surface area contributed by atoms with Crippen molar-refractivity contribution in [2.45, 2.75) is 40.5 Å². The fourth-order valence-electron chi connectivity index (χ4n) is 1.61. The van der Waals surface area contributed by atoms with Crippen molar-refractivity contribution >= 4 is 11.6 Å². The molecule has 0 fully saturated rings. The Morgan fingerprint density at radius 3 is 2.39 bits per heavy atom. The molecule has 1 amide bonds. The van der Waals surface area contributed by atoms with Crippen molar-refractivity contribution in [1.29, 1.82) is 0 Å². The fourth-order valence-corrected chi connectivity index (χ4v) is 1.61. The molecule has 3 nitrogen and oxygen atoms in total. The van der Waals surface area contributed by atoms with E-state index in [2.05, 4.69) is 29.6 Å². The van der Waals surface area contributed by atoms with Gasteiger partial charge in [-0.15, -0.1) is 0 Å². The number of benzene rings is 1. The van der Waals surface area contributed by atoms with Crippen LogP contribution in [-0.2, 0) is 11.2 Å². The van der Waals surface area contributed by atoms with E-state index in [1.165, 1.54) is 5.56 Å². The van der Waals surface area contributed by atoms with Crippen molar-refractivity contribution in [3.63, 3.8) is 0 Å².